The molecule has 0 bridgehead atoms. The first-order chi connectivity index (χ1) is 23.3. The summed E-state index contributed by atoms with van der Waals surface area (Å²) >= 11 is 0. The number of amides is 2. The molecule has 1 aliphatic rings. The second kappa shape index (κ2) is 15.0. The first-order valence-corrected chi connectivity index (χ1v) is 17.2. The Morgan fingerprint density at radius 2 is 1.55 bits per heavy atom. The van der Waals surface area contributed by atoms with Crippen LogP contribution in [0.15, 0.2) is 102 Å². The van der Waals surface area contributed by atoms with Crippen LogP contribution in [0.1, 0.15) is 31.9 Å². The highest BCUT2D eigenvalue weighted by molar-refractivity contribution is 7.92. The number of sulfonamides is 1. The highest BCUT2D eigenvalue weighted by Gasteiger charge is 2.36. The molecule has 1 atom stereocenters. The van der Waals surface area contributed by atoms with E-state index in [1.165, 1.54) is 42.3 Å². The van der Waals surface area contributed by atoms with Gasteiger partial charge in [-0.25, -0.2) is 12.8 Å². The summed E-state index contributed by atoms with van der Waals surface area (Å²) in [6, 6.07) is 24.4. The van der Waals surface area contributed by atoms with Crippen LogP contribution in [-0.4, -0.2) is 63.6 Å². The van der Waals surface area contributed by atoms with Crippen LogP contribution in [-0.2, 0) is 32.6 Å². The molecule has 0 saturated carbocycles. The molecule has 0 aromatic heterocycles. The van der Waals surface area contributed by atoms with Gasteiger partial charge in [-0.15, -0.1) is 0 Å². The average Bonchev–Trinajstić information content (AvgIpc) is 3.08. The van der Waals surface area contributed by atoms with Gasteiger partial charge < -0.3 is 24.4 Å². The summed E-state index contributed by atoms with van der Waals surface area (Å²) in [5.41, 5.74) is 0.902. The normalized spacial score (nSPS) is 13.2. The molecule has 10 nitrogen and oxygen atoms in total. The Bertz CT molecular complexity index is 1880. The van der Waals surface area contributed by atoms with Crippen LogP contribution < -0.4 is 23.8 Å². The van der Waals surface area contributed by atoms with Gasteiger partial charge in [-0.2, -0.15) is 0 Å². The molecule has 2 amide bonds. The number of nitrogens with zero attached hydrogens (tertiary/aromatic N) is 2. The molecule has 1 heterocycles. The van der Waals surface area contributed by atoms with Gasteiger partial charge in [-0.1, -0.05) is 42.5 Å². The molecule has 0 spiro atoms. The number of hydrogen-bond donors (Lipinski definition) is 1. The Hall–Kier alpha value is -5.10. The first kappa shape index (κ1) is 35.2. The predicted octanol–water partition coefficient (Wildman–Crippen LogP) is 5.36. The van der Waals surface area contributed by atoms with E-state index in [0.717, 1.165) is 22.0 Å². The minimum atomic E-state index is -4.44. The van der Waals surface area contributed by atoms with Crippen molar-refractivity contribution < 1.29 is 36.6 Å². The predicted molar refractivity (Wildman–Crippen MR) is 184 cm³/mol. The maximum atomic E-state index is 14.7. The molecule has 12 heteroatoms. The zero-order chi connectivity index (χ0) is 35.2. The van der Waals surface area contributed by atoms with E-state index in [1.807, 2.05) is 51.1 Å². The van der Waals surface area contributed by atoms with Gasteiger partial charge >= 0.3 is 0 Å². The third-order valence-electron chi connectivity index (χ3n) is 7.75. The van der Waals surface area contributed by atoms with Gasteiger partial charge in [0, 0.05) is 24.6 Å². The maximum Gasteiger partial charge on any atom is 0.264 e. The molecule has 0 unspecified atom stereocenters. The topological polar surface area (TPSA) is 114 Å². The van der Waals surface area contributed by atoms with Crippen molar-refractivity contribution in [1.29, 1.82) is 0 Å². The van der Waals surface area contributed by atoms with Crippen molar-refractivity contribution >= 4 is 27.5 Å². The van der Waals surface area contributed by atoms with Gasteiger partial charge in [0.05, 0.1) is 17.7 Å². The number of fused-ring (bicyclic) bond motifs is 1. The number of anilines is 1. The Morgan fingerprint density at radius 1 is 0.878 bits per heavy atom. The minimum Gasteiger partial charge on any atom is -0.497 e. The zero-order valence-corrected chi connectivity index (χ0v) is 28.7. The fourth-order valence-electron chi connectivity index (χ4n) is 5.42. The Morgan fingerprint density at radius 3 is 2.22 bits per heavy atom. The number of ether oxygens (including phenoxy) is 3. The largest absolute Gasteiger partial charge is 0.497 e. The molecule has 0 aliphatic carbocycles. The summed E-state index contributed by atoms with van der Waals surface area (Å²) in [7, 11) is -2.91. The van der Waals surface area contributed by atoms with Crippen molar-refractivity contribution in [2.75, 3.05) is 31.2 Å². The number of methoxy groups -OCH3 is 1. The SMILES string of the molecule is COc1cccc(CN(C(=O)CN(c2ccc(F)cc2)S(=O)(=O)c2ccc3c(c2)OCCO3)[C@@H](Cc2ccccc2)C(=O)NC(C)(C)C)c1. The molecule has 258 valence electrons. The highest BCUT2D eigenvalue weighted by Crippen LogP contribution is 2.34. The van der Waals surface area contributed by atoms with E-state index in [4.69, 9.17) is 14.2 Å². The lowest BCUT2D eigenvalue weighted by Gasteiger charge is -2.35. The van der Waals surface area contributed by atoms with Crippen LogP contribution >= 0.6 is 0 Å². The third kappa shape index (κ3) is 8.88. The van der Waals surface area contributed by atoms with Crippen LogP contribution in [0.4, 0.5) is 10.1 Å². The number of hydrogen-bond acceptors (Lipinski definition) is 7. The summed E-state index contributed by atoms with van der Waals surface area (Å²) < 4.78 is 60.3. The second-order valence-electron chi connectivity index (χ2n) is 12.6. The summed E-state index contributed by atoms with van der Waals surface area (Å²) in [5.74, 6) is -0.438. The van der Waals surface area contributed by atoms with Crippen molar-refractivity contribution in [3.05, 3.63) is 114 Å². The van der Waals surface area contributed by atoms with Crippen molar-refractivity contribution in [2.45, 2.75) is 50.2 Å². The standard InChI is InChI=1S/C37H40FN3O7S/c1-37(2,3)39-36(43)32(22-26-9-6-5-7-10-26)40(24-27-11-8-12-30(21-27)46-4)35(42)25-41(29-15-13-28(38)14-16-29)49(44,45)31-17-18-33-34(23-31)48-20-19-47-33/h5-18,21,23,32H,19-20,22,24-25H2,1-4H3,(H,39,43)/t32-/m0/s1. The summed E-state index contributed by atoms with van der Waals surface area (Å²) in [6.45, 7) is 5.37. The van der Waals surface area contributed by atoms with Crippen molar-refractivity contribution in [3.63, 3.8) is 0 Å². The Labute approximate surface area is 286 Å². The van der Waals surface area contributed by atoms with E-state index >= 15 is 0 Å². The molecule has 49 heavy (non-hydrogen) atoms. The number of halogens is 1. The maximum absolute atomic E-state index is 14.7. The lowest BCUT2D eigenvalue weighted by Crippen LogP contribution is -2.56. The molecule has 1 N–H and O–H groups in total. The van der Waals surface area contributed by atoms with E-state index < -0.39 is 45.8 Å². The van der Waals surface area contributed by atoms with Crippen LogP contribution in [0, 0.1) is 5.82 Å². The lowest BCUT2D eigenvalue weighted by molar-refractivity contribution is -0.140. The zero-order valence-electron chi connectivity index (χ0n) is 27.9. The number of benzene rings is 4. The molecule has 1 aliphatic heterocycles. The van der Waals surface area contributed by atoms with Crippen molar-refractivity contribution in [2.24, 2.45) is 0 Å². The summed E-state index contributed by atoms with van der Waals surface area (Å²) in [5, 5.41) is 3.00. The summed E-state index contributed by atoms with van der Waals surface area (Å²) in [4.78, 5) is 29.9. The number of carbonyl (C=O) groups is 2. The van der Waals surface area contributed by atoms with Gasteiger partial charge in [-0.3, -0.25) is 13.9 Å². The van der Waals surface area contributed by atoms with E-state index in [-0.39, 0.29) is 35.9 Å². The number of carbonyl (C=O) groups excluding carboxylic acids is 2. The number of rotatable bonds is 12. The van der Waals surface area contributed by atoms with E-state index in [9.17, 15) is 22.4 Å². The molecule has 4 aromatic carbocycles. The van der Waals surface area contributed by atoms with Gasteiger partial charge in [-0.05, 0) is 80.4 Å². The molecule has 0 saturated heterocycles. The van der Waals surface area contributed by atoms with Crippen LogP contribution in [0.5, 0.6) is 17.2 Å². The lowest BCUT2D eigenvalue weighted by atomic mass is 10.0. The Balaban J connectivity index is 1.59. The van der Waals surface area contributed by atoms with Crippen molar-refractivity contribution in [1.82, 2.24) is 10.2 Å². The van der Waals surface area contributed by atoms with Gasteiger partial charge in [0.2, 0.25) is 11.8 Å². The molecule has 0 fully saturated rings. The Kier molecular flexibility index (Phi) is 10.8. The van der Waals surface area contributed by atoms with E-state index in [2.05, 4.69) is 5.32 Å². The highest BCUT2D eigenvalue weighted by atomic mass is 32.2. The molecule has 0 radical (unpaired) electrons. The average molecular weight is 690 g/mol. The van der Waals surface area contributed by atoms with Gasteiger partial charge in [0.1, 0.15) is 37.4 Å². The van der Waals surface area contributed by atoms with E-state index in [1.54, 1.807) is 24.3 Å². The van der Waals surface area contributed by atoms with Crippen LogP contribution in [0.3, 0.4) is 0 Å². The van der Waals surface area contributed by atoms with Gasteiger partial charge in [0.25, 0.3) is 10.0 Å². The molecule has 4 aromatic rings. The molecule has 5 rings (SSSR count). The second-order valence-corrected chi connectivity index (χ2v) is 14.5. The first-order valence-electron chi connectivity index (χ1n) is 15.8. The van der Waals surface area contributed by atoms with E-state index in [0.29, 0.717) is 23.7 Å². The minimum absolute atomic E-state index is 0.0353. The van der Waals surface area contributed by atoms with Crippen molar-refractivity contribution in [3.8, 4) is 17.2 Å². The van der Waals surface area contributed by atoms with Gasteiger partial charge in [0.15, 0.2) is 11.5 Å². The molecular weight excluding hydrogens is 649 g/mol. The third-order valence-corrected chi connectivity index (χ3v) is 9.52. The van der Waals surface area contributed by atoms with Crippen LogP contribution in [0.2, 0.25) is 0 Å². The summed E-state index contributed by atoms with van der Waals surface area (Å²) in [6.07, 6.45) is 0.157. The fourth-order valence-corrected chi connectivity index (χ4v) is 6.85. The number of nitrogens with one attached hydrogen (secondary N) is 1. The monoisotopic (exact) mass is 689 g/mol. The fraction of sp³-hybridized carbons (Fsp3) is 0.297. The molecular formula is C37H40FN3O7S. The van der Waals surface area contributed by atoms with Crippen LogP contribution in [0.25, 0.3) is 0 Å². The smallest absolute Gasteiger partial charge is 0.264 e. The quantitative estimate of drug-likeness (QED) is 0.213.